The van der Waals surface area contributed by atoms with E-state index in [4.69, 9.17) is 4.74 Å². The van der Waals surface area contributed by atoms with Gasteiger partial charge in [-0.05, 0) is 24.5 Å². The molecule has 0 bridgehead atoms. The number of nitrogens with zero attached hydrogens (tertiary/aromatic N) is 3. The summed E-state index contributed by atoms with van der Waals surface area (Å²) < 4.78 is 4.96. The normalized spacial score (nSPS) is 23.4. The quantitative estimate of drug-likeness (QED) is 0.898. The zero-order chi connectivity index (χ0) is 19.0. The molecule has 140 valence electrons. The number of rotatable bonds is 4. The van der Waals surface area contributed by atoms with Crippen LogP contribution in [-0.4, -0.2) is 46.4 Å². The van der Waals surface area contributed by atoms with Crippen molar-refractivity contribution in [3.05, 3.63) is 47.8 Å². The number of ether oxygens (including phenoxy) is 1. The molecule has 7 nitrogen and oxygen atoms in total. The summed E-state index contributed by atoms with van der Waals surface area (Å²) in [6, 6.07) is 7.82. The molecule has 1 N–H and O–H groups in total. The summed E-state index contributed by atoms with van der Waals surface area (Å²) in [7, 11) is 1.48. The van der Waals surface area contributed by atoms with Crippen LogP contribution in [-0.2, 0) is 10.2 Å². The number of nitrogens with one attached hydrogen (secondary N) is 1. The van der Waals surface area contributed by atoms with Crippen molar-refractivity contribution in [1.29, 1.82) is 0 Å². The maximum absolute atomic E-state index is 13.2. The highest BCUT2D eigenvalue weighted by atomic mass is 16.5. The van der Waals surface area contributed by atoms with E-state index < -0.39 is 5.41 Å². The number of likely N-dealkylation sites (tertiary alicyclic amines) is 1. The highest BCUT2D eigenvalue weighted by Gasteiger charge is 2.58. The van der Waals surface area contributed by atoms with Gasteiger partial charge in [0, 0.05) is 24.6 Å². The molecule has 0 unspecified atom stereocenters. The summed E-state index contributed by atoms with van der Waals surface area (Å²) >= 11 is 0. The fourth-order valence-electron chi connectivity index (χ4n) is 4.42. The highest BCUT2D eigenvalue weighted by Crippen LogP contribution is 2.49. The lowest BCUT2D eigenvalue weighted by Crippen LogP contribution is -2.48. The van der Waals surface area contributed by atoms with Crippen molar-refractivity contribution in [2.75, 3.05) is 19.0 Å². The molecule has 0 saturated carbocycles. The van der Waals surface area contributed by atoms with Gasteiger partial charge in [-0.1, -0.05) is 31.5 Å². The SMILES string of the molecule is CCC[C@@H]1N(C(=O)c2cnc(OC)nc2)CC[C@@]12C(=O)Nc1ccccc12. The molecule has 2 aliphatic rings. The van der Waals surface area contributed by atoms with Crippen molar-refractivity contribution in [2.24, 2.45) is 0 Å². The number of methoxy groups -OCH3 is 1. The third-order valence-electron chi connectivity index (χ3n) is 5.63. The molecular weight excluding hydrogens is 344 g/mol. The minimum absolute atomic E-state index is 0.0107. The predicted molar refractivity (Wildman–Crippen MR) is 99.7 cm³/mol. The van der Waals surface area contributed by atoms with Gasteiger partial charge in [0.2, 0.25) is 5.91 Å². The molecule has 7 heteroatoms. The summed E-state index contributed by atoms with van der Waals surface area (Å²) in [6.07, 6.45) is 5.20. The van der Waals surface area contributed by atoms with Gasteiger partial charge in [0.05, 0.1) is 24.1 Å². The van der Waals surface area contributed by atoms with Crippen LogP contribution in [0.4, 0.5) is 5.69 Å². The summed E-state index contributed by atoms with van der Waals surface area (Å²) in [6.45, 7) is 2.60. The molecule has 2 atom stereocenters. The standard InChI is InChI=1S/C20H22N4O3/c1-3-6-16-20(14-7-4-5-8-15(14)23-18(20)26)9-10-24(16)17(25)13-11-21-19(27-2)22-12-13/h4-5,7-8,11-12,16H,3,6,9-10H2,1-2H3,(H,23,26)/t16-,20-/m0/s1. The van der Waals surface area contributed by atoms with Gasteiger partial charge in [-0.25, -0.2) is 9.97 Å². The van der Waals surface area contributed by atoms with Gasteiger partial charge in [-0.2, -0.15) is 0 Å². The number of para-hydroxylation sites is 1. The van der Waals surface area contributed by atoms with E-state index in [1.165, 1.54) is 19.5 Å². The van der Waals surface area contributed by atoms with Gasteiger partial charge >= 0.3 is 6.01 Å². The van der Waals surface area contributed by atoms with Crippen molar-refractivity contribution in [3.63, 3.8) is 0 Å². The second kappa shape index (κ2) is 6.64. The average molecular weight is 366 g/mol. The van der Waals surface area contributed by atoms with Crippen molar-refractivity contribution < 1.29 is 14.3 Å². The third-order valence-corrected chi connectivity index (χ3v) is 5.63. The number of aromatic nitrogens is 2. The van der Waals surface area contributed by atoms with E-state index >= 15 is 0 Å². The number of amides is 2. The number of carbonyl (C=O) groups is 2. The lowest BCUT2D eigenvalue weighted by molar-refractivity contribution is -0.121. The van der Waals surface area contributed by atoms with Crippen LogP contribution in [0.1, 0.15) is 42.1 Å². The number of benzene rings is 1. The molecule has 2 aromatic rings. The Morgan fingerprint density at radius 3 is 2.78 bits per heavy atom. The Balaban J connectivity index is 1.71. The molecule has 1 spiro atoms. The Kier molecular flexibility index (Phi) is 4.30. The maximum atomic E-state index is 13.2. The first-order valence-corrected chi connectivity index (χ1v) is 9.19. The zero-order valence-corrected chi connectivity index (χ0v) is 15.4. The average Bonchev–Trinajstić information content (AvgIpc) is 3.21. The number of hydrogen-bond donors (Lipinski definition) is 1. The molecular formula is C20H22N4O3. The van der Waals surface area contributed by atoms with Gasteiger partial charge in [-0.15, -0.1) is 0 Å². The van der Waals surface area contributed by atoms with Gasteiger partial charge in [0.25, 0.3) is 5.91 Å². The van der Waals surface area contributed by atoms with Gasteiger partial charge in [0.1, 0.15) is 0 Å². The second-order valence-corrected chi connectivity index (χ2v) is 6.98. The van der Waals surface area contributed by atoms with Crippen LogP contribution >= 0.6 is 0 Å². The number of anilines is 1. The molecule has 2 aliphatic heterocycles. The first-order valence-electron chi connectivity index (χ1n) is 9.19. The van der Waals surface area contributed by atoms with Crippen LogP contribution in [0.2, 0.25) is 0 Å². The number of carbonyl (C=O) groups excluding carboxylic acids is 2. The molecule has 0 aliphatic carbocycles. The highest BCUT2D eigenvalue weighted by molar-refractivity contribution is 6.08. The third kappa shape index (κ3) is 2.57. The predicted octanol–water partition coefficient (Wildman–Crippen LogP) is 2.39. The smallest absolute Gasteiger partial charge is 0.316 e. The van der Waals surface area contributed by atoms with Crippen LogP contribution in [0.15, 0.2) is 36.7 Å². The van der Waals surface area contributed by atoms with E-state index in [-0.39, 0.29) is 23.9 Å². The van der Waals surface area contributed by atoms with Gasteiger partial charge in [-0.3, -0.25) is 9.59 Å². The Morgan fingerprint density at radius 2 is 2.07 bits per heavy atom. The second-order valence-electron chi connectivity index (χ2n) is 6.98. The molecule has 1 aromatic carbocycles. The Labute approximate surface area is 157 Å². The van der Waals surface area contributed by atoms with Gasteiger partial charge < -0.3 is 15.0 Å². The molecule has 3 heterocycles. The zero-order valence-electron chi connectivity index (χ0n) is 15.4. The molecule has 4 rings (SSSR count). The van der Waals surface area contributed by atoms with E-state index in [0.29, 0.717) is 18.5 Å². The Bertz CT molecular complexity index is 883. The largest absolute Gasteiger partial charge is 0.467 e. The van der Waals surface area contributed by atoms with E-state index in [2.05, 4.69) is 22.2 Å². The van der Waals surface area contributed by atoms with Gasteiger partial charge in [0.15, 0.2) is 0 Å². The van der Waals surface area contributed by atoms with Crippen LogP contribution in [0.25, 0.3) is 0 Å². The van der Waals surface area contributed by atoms with Crippen LogP contribution in [0, 0.1) is 0 Å². The summed E-state index contributed by atoms with van der Waals surface area (Å²) in [5, 5.41) is 3.01. The van der Waals surface area contributed by atoms with Crippen molar-refractivity contribution in [3.8, 4) is 6.01 Å². The van der Waals surface area contributed by atoms with E-state index in [1.54, 1.807) is 0 Å². The molecule has 0 radical (unpaired) electrons. The van der Waals surface area contributed by atoms with Crippen LogP contribution < -0.4 is 10.1 Å². The molecule has 27 heavy (non-hydrogen) atoms. The van der Waals surface area contributed by atoms with Crippen LogP contribution in [0.3, 0.4) is 0 Å². The van der Waals surface area contributed by atoms with E-state index in [9.17, 15) is 9.59 Å². The summed E-state index contributed by atoms with van der Waals surface area (Å²) in [5.74, 6) is -0.159. The fraction of sp³-hybridized carbons (Fsp3) is 0.400. The number of hydrogen-bond acceptors (Lipinski definition) is 5. The van der Waals surface area contributed by atoms with Crippen LogP contribution in [0.5, 0.6) is 6.01 Å². The monoisotopic (exact) mass is 366 g/mol. The summed E-state index contributed by atoms with van der Waals surface area (Å²) in [5.41, 5.74) is 1.57. The van der Waals surface area contributed by atoms with E-state index in [1.807, 2.05) is 29.2 Å². The minimum Gasteiger partial charge on any atom is -0.467 e. The first-order chi connectivity index (χ1) is 13.1. The maximum Gasteiger partial charge on any atom is 0.316 e. The minimum atomic E-state index is -0.685. The molecule has 1 saturated heterocycles. The molecule has 2 amide bonds. The van der Waals surface area contributed by atoms with Crippen molar-refractivity contribution in [1.82, 2.24) is 14.9 Å². The summed E-state index contributed by atoms with van der Waals surface area (Å²) in [4.78, 5) is 36.1. The Hall–Kier alpha value is -2.96. The fourth-order valence-corrected chi connectivity index (χ4v) is 4.42. The Morgan fingerprint density at radius 1 is 1.33 bits per heavy atom. The van der Waals surface area contributed by atoms with Crippen molar-refractivity contribution >= 4 is 17.5 Å². The topological polar surface area (TPSA) is 84.4 Å². The van der Waals surface area contributed by atoms with Crippen molar-refractivity contribution in [2.45, 2.75) is 37.6 Å². The molecule has 1 fully saturated rings. The lowest BCUT2D eigenvalue weighted by atomic mass is 9.73. The number of fused-ring (bicyclic) bond motifs is 2. The lowest BCUT2D eigenvalue weighted by Gasteiger charge is -2.34. The molecule has 1 aromatic heterocycles. The van der Waals surface area contributed by atoms with E-state index in [0.717, 1.165) is 24.1 Å². The first kappa shape index (κ1) is 17.5.